The summed E-state index contributed by atoms with van der Waals surface area (Å²) in [5.74, 6) is 2.14. The molecule has 2 N–H and O–H groups in total. The first kappa shape index (κ1) is 10.2. The first-order valence-electron chi connectivity index (χ1n) is 5.08. The zero-order chi connectivity index (χ0) is 10.8. The maximum atomic E-state index is 5.69. The summed E-state index contributed by atoms with van der Waals surface area (Å²) < 4.78 is 5.31. The van der Waals surface area contributed by atoms with Gasteiger partial charge in [0, 0.05) is 26.3 Å². The smallest absolute Gasteiger partial charge is 0.134 e. The molecule has 1 aromatic heterocycles. The first-order valence-corrected chi connectivity index (χ1v) is 5.08. The second-order valence-electron chi connectivity index (χ2n) is 3.79. The van der Waals surface area contributed by atoms with Gasteiger partial charge in [-0.15, -0.1) is 0 Å². The van der Waals surface area contributed by atoms with E-state index in [1.807, 2.05) is 13.0 Å². The fourth-order valence-electron chi connectivity index (χ4n) is 1.87. The fraction of sp³-hybridized carbons (Fsp3) is 0.600. The van der Waals surface area contributed by atoms with Gasteiger partial charge >= 0.3 is 0 Å². The van der Waals surface area contributed by atoms with E-state index < -0.39 is 0 Å². The molecule has 5 nitrogen and oxygen atoms in total. The maximum absolute atomic E-state index is 5.69. The molecule has 0 aromatic carbocycles. The van der Waals surface area contributed by atoms with E-state index in [1.165, 1.54) is 0 Å². The Morgan fingerprint density at radius 1 is 1.53 bits per heavy atom. The summed E-state index contributed by atoms with van der Waals surface area (Å²) in [6.45, 7) is 3.70. The van der Waals surface area contributed by atoms with E-state index in [0.717, 1.165) is 25.3 Å². The van der Waals surface area contributed by atoms with Gasteiger partial charge in [-0.25, -0.2) is 9.97 Å². The Morgan fingerprint density at radius 2 is 2.33 bits per heavy atom. The van der Waals surface area contributed by atoms with E-state index in [0.29, 0.717) is 17.7 Å². The molecule has 5 heteroatoms. The van der Waals surface area contributed by atoms with Crippen molar-refractivity contribution in [3.63, 3.8) is 0 Å². The Balaban J connectivity index is 2.16. The summed E-state index contributed by atoms with van der Waals surface area (Å²) >= 11 is 0. The molecule has 0 saturated carbocycles. The highest BCUT2D eigenvalue weighted by Crippen LogP contribution is 2.20. The van der Waals surface area contributed by atoms with Crippen LogP contribution in [0, 0.1) is 6.92 Å². The maximum Gasteiger partial charge on any atom is 0.134 e. The van der Waals surface area contributed by atoms with Gasteiger partial charge in [-0.05, 0) is 13.3 Å². The number of methoxy groups -OCH3 is 1. The van der Waals surface area contributed by atoms with Crippen molar-refractivity contribution in [1.82, 2.24) is 9.97 Å². The normalized spacial score (nSPS) is 20.9. The van der Waals surface area contributed by atoms with Crippen LogP contribution in [0.3, 0.4) is 0 Å². The number of anilines is 2. The van der Waals surface area contributed by atoms with Crippen molar-refractivity contribution in [3.05, 3.63) is 11.9 Å². The van der Waals surface area contributed by atoms with Crippen LogP contribution in [-0.4, -0.2) is 36.3 Å². The van der Waals surface area contributed by atoms with Crippen molar-refractivity contribution in [2.75, 3.05) is 30.8 Å². The number of ether oxygens (including phenoxy) is 1. The lowest BCUT2D eigenvalue weighted by Crippen LogP contribution is -2.23. The minimum Gasteiger partial charge on any atom is -0.384 e. The monoisotopic (exact) mass is 208 g/mol. The molecular weight excluding hydrogens is 192 g/mol. The van der Waals surface area contributed by atoms with Gasteiger partial charge in [0.1, 0.15) is 17.5 Å². The van der Waals surface area contributed by atoms with Gasteiger partial charge in [0.2, 0.25) is 0 Å². The topological polar surface area (TPSA) is 64.3 Å². The summed E-state index contributed by atoms with van der Waals surface area (Å²) in [5.41, 5.74) is 5.69. The molecule has 1 unspecified atom stereocenters. The van der Waals surface area contributed by atoms with E-state index in [2.05, 4.69) is 14.9 Å². The lowest BCUT2D eigenvalue weighted by atomic mass is 10.3. The van der Waals surface area contributed by atoms with E-state index >= 15 is 0 Å². The summed E-state index contributed by atoms with van der Waals surface area (Å²) in [6, 6.07) is 1.81. The molecule has 0 spiro atoms. The average Bonchev–Trinajstić information content (AvgIpc) is 2.64. The Bertz CT molecular complexity index is 335. The molecule has 1 fully saturated rings. The van der Waals surface area contributed by atoms with Crippen molar-refractivity contribution < 1.29 is 4.74 Å². The number of hydrogen-bond donors (Lipinski definition) is 1. The zero-order valence-electron chi connectivity index (χ0n) is 9.10. The van der Waals surface area contributed by atoms with E-state index in [4.69, 9.17) is 10.5 Å². The summed E-state index contributed by atoms with van der Waals surface area (Å²) in [5, 5.41) is 0. The van der Waals surface area contributed by atoms with Crippen LogP contribution in [0.15, 0.2) is 6.07 Å². The van der Waals surface area contributed by atoms with Crippen LogP contribution in [0.25, 0.3) is 0 Å². The largest absolute Gasteiger partial charge is 0.384 e. The number of nitrogens with zero attached hydrogens (tertiary/aromatic N) is 3. The zero-order valence-corrected chi connectivity index (χ0v) is 9.10. The molecule has 1 atom stereocenters. The number of rotatable bonds is 2. The van der Waals surface area contributed by atoms with Crippen molar-refractivity contribution in [2.45, 2.75) is 19.4 Å². The standard InChI is InChI=1S/C10H16N4O/c1-7-12-9(11)5-10(13-7)14-4-3-8(6-14)15-2/h5,8H,3-4,6H2,1-2H3,(H2,11,12,13). The third kappa shape index (κ3) is 2.18. The van der Waals surface area contributed by atoms with Crippen LogP contribution in [0.2, 0.25) is 0 Å². The number of aromatic nitrogens is 2. The highest BCUT2D eigenvalue weighted by molar-refractivity contribution is 5.47. The van der Waals surface area contributed by atoms with E-state index in [1.54, 1.807) is 7.11 Å². The quantitative estimate of drug-likeness (QED) is 0.770. The molecule has 0 amide bonds. The Morgan fingerprint density at radius 3 is 2.93 bits per heavy atom. The number of nitrogen functional groups attached to an aromatic ring is 1. The van der Waals surface area contributed by atoms with Crippen LogP contribution >= 0.6 is 0 Å². The summed E-state index contributed by atoms with van der Waals surface area (Å²) in [6.07, 6.45) is 1.35. The molecule has 1 aliphatic heterocycles. The number of nitrogens with two attached hydrogens (primary N) is 1. The second-order valence-corrected chi connectivity index (χ2v) is 3.79. The van der Waals surface area contributed by atoms with Gasteiger partial charge in [0.05, 0.1) is 6.10 Å². The van der Waals surface area contributed by atoms with Gasteiger partial charge in [-0.2, -0.15) is 0 Å². The van der Waals surface area contributed by atoms with Crippen LogP contribution < -0.4 is 10.6 Å². The van der Waals surface area contributed by atoms with Crippen LogP contribution in [0.5, 0.6) is 0 Å². The lowest BCUT2D eigenvalue weighted by Gasteiger charge is -2.17. The molecule has 2 rings (SSSR count). The molecule has 15 heavy (non-hydrogen) atoms. The minimum atomic E-state index is 0.307. The Kier molecular flexibility index (Phi) is 2.73. The number of aryl methyl sites for hydroxylation is 1. The van der Waals surface area contributed by atoms with E-state index in [9.17, 15) is 0 Å². The molecule has 1 saturated heterocycles. The van der Waals surface area contributed by atoms with Gasteiger partial charge in [0.25, 0.3) is 0 Å². The second kappa shape index (κ2) is 4.02. The summed E-state index contributed by atoms with van der Waals surface area (Å²) in [4.78, 5) is 10.6. The van der Waals surface area contributed by atoms with Crippen molar-refractivity contribution in [3.8, 4) is 0 Å². The average molecular weight is 208 g/mol. The molecule has 0 bridgehead atoms. The SMILES string of the molecule is COC1CCN(c2cc(N)nc(C)n2)C1. The van der Waals surface area contributed by atoms with Gasteiger partial charge in [-0.3, -0.25) is 0 Å². The van der Waals surface area contributed by atoms with Crippen molar-refractivity contribution >= 4 is 11.6 Å². The Hall–Kier alpha value is -1.36. The molecule has 2 heterocycles. The van der Waals surface area contributed by atoms with Gasteiger partial charge in [0.15, 0.2) is 0 Å². The molecule has 0 aliphatic carbocycles. The predicted octanol–water partition coefficient (Wildman–Crippen LogP) is 0.592. The van der Waals surface area contributed by atoms with E-state index in [-0.39, 0.29) is 0 Å². The third-order valence-corrected chi connectivity index (χ3v) is 2.65. The highest BCUT2D eigenvalue weighted by atomic mass is 16.5. The fourth-order valence-corrected chi connectivity index (χ4v) is 1.87. The van der Waals surface area contributed by atoms with Crippen LogP contribution in [0.1, 0.15) is 12.2 Å². The third-order valence-electron chi connectivity index (χ3n) is 2.65. The first-order chi connectivity index (χ1) is 7.19. The van der Waals surface area contributed by atoms with Gasteiger partial charge in [-0.1, -0.05) is 0 Å². The number of hydrogen-bond acceptors (Lipinski definition) is 5. The summed E-state index contributed by atoms with van der Waals surface area (Å²) in [7, 11) is 1.74. The predicted molar refractivity (Wildman–Crippen MR) is 58.8 cm³/mol. The molecule has 82 valence electrons. The molecule has 1 aliphatic rings. The lowest BCUT2D eigenvalue weighted by molar-refractivity contribution is 0.121. The molecule has 0 radical (unpaired) electrons. The molecular formula is C10H16N4O. The van der Waals surface area contributed by atoms with Crippen molar-refractivity contribution in [2.24, 2.45) is 0 Å². The Labute approximate surface area is 89.3 Å². The van der Waals surface area contributed by atoms with Gasteiger partial charge < -0.3 is 15.4 Å². The highest BCUT2D eigenvalue weighted by Gasteiger charge is 2.23. The van der Waals surface area contributed by atoms with Crippen molar-refractivity contribution in [1.29, 1.82) is 0 Å². The minimum absolute atomic E-state index is 0.307. The van der Waals surface area contributed by atoms with Crippen LogP contribution in [-0.2, 0) is 4.74 Å². The van der Waals surface area contributed by atoms with Crippen LogP contribution in [0.4, 0.5) is 11.6 Å². The molecule has 1 aromatic rings.